The van der Waals surface area contributed by atoms with Gasteiger partial charge in [0, 0.05) is 24.9 Å². The molecule has 0 heterocycles. The molecule has 1 aliphatic carbocycles. The van der Waals surface area contributed by atoms with E-state index in [4.69, 9.17) is 0 Å². The molecule has 0 amide bonds. The van der Waals surface area contributed by atoms with Crippen LogP contribution in [0.2, 0.25) is 0 Å². The monoisotopic (exact) mass is 501 g/mol. The van der Waals surface area contributed by atoms with Gasteiger partial charge >= 0.3 is 0 Å². The molecule has 1 saturated carbocycles. The van der Waals surface area contributed by atoms with Crippen molar-refractivity contribution in [1.29, 1.82) is 0 Å². The van der Waals surface area contributed by atoms with Gasteiger partial charge in [0.2, 0.25) is 0 Å². The molecule has 0 spiro atoms. The maximum Gasteiger partial charge on any atom is 0.191 e. The highest BCUT2D eigenvalue weighted by Crippen LogP contribution is 2.28. The van der Waals surface area contributed by atoms with Gasteiger partial charge in [0.1, 0.15) is 5.82 Å². The Morgan fingerprint density at radius 1 is 1.45 bits per heavy atom. The molecule has 0 aliphatic heterocycles. The van der Waals surface area contributed by atoms with Crippen LogP contribution in [0, 0.1) is 5.82 Å². The lowest BCUT2D eigenvalue weighted by Gasteiger charge is -2.17. The molecular formula is C15H22BrFIN3S. The van der Waals surface area contributed by atoms with Crippen molar-refractivity contribution in [3.63, 3.8) is 0 Å². The molecule has 2 N–H and O–H groups in total. The molecule has 2 rings (SSSR count). The normalized spacial score (nSPS) is 21.4. The predicted octanol–water partition coefficient (Wildman–Crippen LogP) is 4.16. The van der Waals surface area contributed by atoms with Crippen molar-refractivity contribution < 1.29 is 4.39 Å². The summed E-state index contributed by atoms with van der Waals surface area (Å²) in [4.78, 5) is 4.24. The van der Waals surface area contributed by atoms with Gasteiger partial charge in [-0.15, -0.1) is 24.0 Å². The van der Waals surface area contributed by atoms with Gasteiger partial charge < -0.3 is 10.6 Å². The Bertz CT molecular complexity index is 516. The van der Waals surface area contributed by atoms with Gasteiger partial charge in [-0.25, -0.2) is 4.39 Å². The number of benzene rings is 1. The van der Waals surface area contributed by atoms with Gasteiger partial charge in [0.15, 0.2) is 5.96 Å². The number of nitrogens with one attached hydrogen (secondary N) is 2. The van der Waals surface area contributed by atoms with Gasteiger partial charge in [-0.2, -0.15) is 11.8 Å². The fourth-order valence-corrected chi connectivity index (χ4v) is 3.55. The number of aliphatic imine (C=N–C) groups is 1. The van der Waals surface area contributed by atoms with E-state index in [1.165, 1.54) is 25.3 Å². The lowest BCUT2D eigenvalue weighted by Crippen LogP contribution is -2.42. The minimum Gasteiger partial charge on any atom is -0.354 e. The first-order chi connectivity index (χ1) is 10.1. The summed E-state index contributed by atoms with van der Waals surface area (Å²) >= 11 is 5.10. The molecule has 1 aliphatic rings. The quantitative estimate of drug-likeness (QED) is 0.369. The zero-order valence-corrected chi connectivity index (χ0v) is 17.5. The topological polar surface area (TPSA) is 36.4 Å². The fourth-order valence-electron chi connectivity index (χ4n) is 2.51. The Morgan fingerprint density at radius 2 is 2.23 bits per heavy atom. The first-order valence-corrected chi connectivity index (χ1v) is 9.14. The third-order valence-electron chi connectivity index (χ3n) is 3.73. The number of halogens is 3. The zero-order chi connectivity index (χ0) is 15.2. The van der Waals surface area contributed by atoms with Crippen LogP contribution >= 0.6 is 51.7 Å². The largest absolute Gasteiger partial charge is 0.354 e. The molecule has 2 unspecified atom stereocenters. The Balaban J connectivity index is 0.00000242. The van der Waals surface area contributed by atoms with Crippen LogP contribution in [-0.4, -0.2) is 30.6 Å². The first kappa shape index (κ1) is 20.0. The SMILES string of the molecule is CN=C(NCc1ccc(Br)c(F)c1)NC1CCC(SC)C1.I. The molecule has 0 aromatic heterocycles. The summed E-state index contributed by atoms with van der Waals surface area (Å²) in [7, 11) is 1.76. The minimum absolute atomic E-state index is 0. The van der Waals surface area contributed by atoms with Crippen molar-refractivity contribution in [1.82, 2.24) is 10.6 Å². The maximum atomic E-state index is 13.5. The number of rotatable bonds is 4. The smallest absolute Gasteiger partial charge is 0.191 e. The molecule has 0 bridgehead atoms. The van der Waals surface area contributed by atoms with Crippen molar-refractivity contribution in [3.8, 4) is 0 Å². The molecule has 0 radical (unpaired) electrons. The lowest BCUT2D eigenvalue weighted by molar-refractivity contribution is 0.609. The van der Waals surface area contributed by atoms with E-state index in [9.17, 15) is 4.39 Å². The van der Waals surface area contributed by atoms with Gasteiger partial charge in [0.05, 0.1) is 4.47 Å². The summed E-state index contributed by atoms with van der Waals surface area (Å²) in [5, 5.41) is 7.44. The summed E-state index contributed by atoms with van der Waals surface area (Å²) in [5.41, 5.74) is 0.895. The number of guanidine groups is 1. The molecule has 3 nitrogen and oxygen atoms in total. The highest BCUT2D eigenvalue weighted by atomic mass is 127. The van der Waals surface area contributed by atoms with Crippen LogP contribution in [0.4, 0.5) is 4.39 Å². The van der Waals surface area contributed by atoms with E-state index in [1.54, 1.807) is 13.1 Å². The van der Waals surface area contributed by atoms with Crippen molar-refractivity contribution in [3.05, 3.63) is 34.1 Å². The number of hydrogen-bond acceptors (Lipinski definition) is 2. The van der Waals surface area contributed by atoms with E-state index in [0.29, 0.717) is 17.1 Å². The van der Waals surface area contributed by atoms with Crippen LogP contribution in [0.1, 0.15) is 24.8 Å². The third-order valence-corrected chi connectivity index (χ3v) is 5.46. The molecule has 1 aromatic carbocycles. The molecule has 1 aromatic rings. The second-order valence-corrected chi connectivity index (χ2v) is 7.18. The summed E-state index contributed by atoms with van der Waals surface area (Å²) in [6.45, 7) is 0.558. The number of nitrogens with zero attached hydrogens (tertiary/aromatic N) is 1. The molecule has 0 saturated heterocycles. The first-order valence-electron chi connectivity index (χ1n) is 7.06. The second-order valence-electron chi connectivity index (χ2n) is 5.19. The van der Waals surface area contributed by atoms with Gasteiger partial charge in [-0.3, -0.25) is 4.99 Å². The minimum atomic E-state index is -0.240. The third kappa shape index (κ3) is 5.88. The van der Waals surface area contributed by atoms with Crippen LogP contribution in [0.3, 0.4) is 0 Å². The second kappa shape index (κ2) is 9.97. The van der Waals surface area contributed by atoms with Gasteiger partial charge in [-0.1, -0.05) is 6.07 Å². The van der Waals surface area contributed by atoms with Crippen molar-refractivity contribution in [2.45, 2.75) is 37.1 Å². The molecular weight excluding hydrogens is 480 g/mol. The van der Waals surface area contributed by atoms with E-state index >= 15 is 0 Å². The molecule has 124 valence electrons. The summed E-state index contributed by atoms with van der Waals surface area (Å²) < 4.78 is 14.0. The summed E-state index contributed by atoms with van der Waals surface area (Å²) in [5.74, 6) is 0.543. The van der Waals surface area contributed by atoms with Crippen molar-refractivity contribution >= 4 is 57.6 Å². The van der Waals surface area contributed by atoms with E-state index in [0.717, 1.165) is 16.8 Å². The maximum absolute atomic E-state index is 13.5. The lowest BCUT2D eigenvalue weighted by atomic mass is 10.2. The van der Waals surface area contributed by atoms with E-state index in [1.807, 2.05) is 17.8 Å². The highest BCUT2D eigenvalue weighted by molar-refractivity contribution is 14.0. The number of thioether (sulfide) groups is 1. The Kier molecular flexibility index (Phi) is 9.08. The van der Waals surface area contributed by atoms with Crippen LogP contribution < -0.4 is 10.6 Å². The fraction of sp³-hybridized carbons (Fsp3) is 0.533. The number of hydrogen-bond donors (Lipinski definition) is 2. The molecule has 7 heteroatoms. The van der Waals surface area contributed by atoms with Crippen LogP contribution in [-0.2, 0) is 6.54 Å². The summed E-state index contributed by atoms with van der Waals surface area (Å²) in [6.07, 6.45) is 5.78. The van der Waals surface area contributed by atoms with Crippen molar-refractivity contribution in [2.24, 2.45) is 4.99 Å². The van der Waals surface area contributed by atoms with Gasteiger partial charge in [-0.05, 0) is 59.1 Å². The van der Waals surface area contributed by atoms with E-state index < -0.39 is 0 Å². The average Bonchev–Trinajstić information content (AvgIpc) is 2.94. The molecule has 1 fully saturated rings. The Hall–Kier alpha value is -0.0200. The van der Waals surface area contributed by atoms with E-state index in [-0.39, 0.29) is 29.8 Å². The van der Waals surface area contributed by atoms with E-state index in [2.05, 4.69) is 37.8 Å². The summed E-state index contributed by atoms with van der Waals surface area (Å²) in [6, 6.07) is 5.63. The average molecular weight is 502 g/mol. The zero-order valence-electron chi connectivity index (χ0n) is 12.7. The van der Waals surface area contributed by atoms with Gasteiger partial charge in [0.25, 0.3) is 0 Å². The van der Waals surface area contributed by atoms with Crippen LogP contribution in [0.15, 0.2) is 27.7 Å². The van der Waals surface area contributed by atoms with Crippen LogP contribution in [0.25, 0.3) is 0 Å². The highest BCUT2D eigenvalue weighted by Gasteiger charge is 2.24. The Labute approximate surface area is 161 Å². The molecule has 22 heavy (non-hydrogen) atoms. The Morgan fingerprint density at radius 3 is 2.82 bits per heavy atom. The molecule has 2 atom stereocenters. The van der Waals surface area contributed by atoms with Crippen LogP contribution in [0.5, 0.6) is 0 Å². The standard InChI is InChI=1S/C15H21BrFN3S.HI/c1-18-15(20-11-4-5-12(8-11)21-2)19-9-10-3-6-13(16)14(17)7-10;/h3,6-7,11-12H,4-5,8-9H2,1-2H3,(H2,18,19,20);1H. The van der Waals surface area contributed by atoms with Crippen molar-refractivity contribution in [2.75, 3.05) is 13.3 Å². The predicted molar refractivity (Wildman–Crippen MR) is 108 cm³/mol.